The van der Waals surface area contributed by atoms with Gasteiger partial charge < -0.3 is 15.0 Å². The number of hydrogen-bond donors (Lipinski definition) is 1. The van der Waals surface area contributed by atoms with Crippen molar-refractivity contribution in [2.24, 2.45) is 0 Å². The van der Waals surface area contributed by atoms with Crippen molar-refractivity contribution in [1.29, 1.82) is 0 Å². The molecule has 0 saturated carbocycles. The molecule has 1 aromatic carbocycles. The number of ether oxygens (including phenoxy) is 1. The van der Waals surface area contributed by atoms with Gasteiger partial charge in [-0.15, -0.1) is 0 Å². The minimum Gasteiger partial charge on any atom is -0.497 e. The van der Waals surface area contributed by atoms with Gasteiger partial charge in [0, 0.05) is 42.4 Å². The van der Waals surface area contributed by atoms with Gasteiger partial charge in [0.1, 0.15) is 5.75 Å². The minimum atomic E-state index is 0.795. The van der Waals surface area contributed by atoms with Gasteiger partial charge in [-0.1, -0.05) is 0 Å². The van der Waals surface area contributed by atoms with Gasteiger partial charge in [-0.2, -0.15) is 0 Å². The zero-order chi connectivity index (χ0) is 14.5. The third kappa shape index (κ3) is 3.08. The monoisotopic (exact) mass is 271 g/mol. The first-order valence-electron chi connectivity index (χ1n) is 6.63. The number of pyridine rings is 1. The second-order valence-electron chi connectivity index (χ2n) is 4.74. The molecule has 1 aromatic heterocycles. The second kappa shape index (κ2) is 6.39. The van der Waals surface area contributed by atoms with E-state index >= 15 is 0 Å². The fourth-order valence-electron chi connectivity index (χ4n) is 2.16. The molecule has 0 aliphatic heterocycles. The summed E-state index contributed by atoms with van der Waals surface area (Å²) in [5, 5.41) is 3.18. The van der Waals surface area contributed by atoms with Crippen molar-refractivity contribution in [2.45, 2.75) is 13.5 Å². The lowest BCUT2D eigenvalue weighted by molar-refractivity contribution is 0.415. The number of benzene rings is 1. The van der Waals surface area contributed by atoms with Crippen LogP contribution >= 0.6 is 0 Å². The molecule has 0 unspecified atom stereocenters. The molecular weight excluding hydrogens is 250 g/mol. The minimum absolute atomic E-state index is 0.795. The van der Waals surface area contributed by atoms with Gasteiger partial charge in [0.2, 0.25) is 0 Å². The Bertz CT molecular complexity index is 566. The van der Waals surface area contributed by atoms with Crippen molar-refractivity contribution in [2.75, 3.05) is 26.1 Å². The van der Waals surface area contributed by atoms with E-state index in [1.807, 2.05) is 32.3 Å². The smallest absolute Gasteiger partial charge is 0.119 e. The molecule has 1 heterocycles. The summed E-state index contributed by atoms with van der Waals surface area (Å²) in [4.78, 5) is 6.54. The Morgan fingerprint density at radius 2 is 1.95 bits per heavy atom. The molecule has 0 bridgehead atoms. The van der Waals surface area contributed by atoms with Crippen LogP contribution in [0.1, 0.15) is 11.3 Å². The second-order valence-corrected chi connectivity index (χ2v) is 4.74. The lowest BCUT2D eigenvalue weighted by atomic mass is 10.1. The third-order valence-corrected chi connectivity index (χ3v) is 3.29. The Labute approximate surface area is 120 Å². The van der Waals surface area contributed by atoms with E-state index in [9.17, 15) is 0 Å². The highest BCUT2D eigenvalue weighted by atomic mass is 16.5. The fourth-order valence-corrected chi connectivity index (χ4v) is 2.16. The first kappa shape index (κ1) is 14.3. The SMILES string of the molecule is CNCc1cnc(C)cc1N(C)c1ccc(OC)cc1. The standard InChI is InChI=1S/C16H21N3O/c1-12-9-16(13(10-17-2)11-18-12)19(3)14-5-7-15(20-4)8-6-14/h5-9,11,17H,10H2,1-4H3. The summed E-state index contributed by atoms with van der Waals surface area (Å²) in [7, 11) is 5.68. The average Bonchev–Trinajstić information content (AvgIpc) is 2.48. The number of nitrogens with one attached hydrogen (secondary N) is 1. The molecule has 2 aromatic rings. The van der Waals surface area contributed by atoms with Crippen molar-refractivity contribution in [3.8, 4) is 5.75 Å². The van der Waals surface area contributed by atoms with E-state index in [2.05, 4.69) is 40.4 Å². The molecule has 106 valence electrons. The number of nitrogens with zero attached hydrogens (tertiary/aromatic N) is 2. The fraction of sp³-hybridized carbons (Fsp3) is 0.312. The molecule has 0 fully saturated rings. The predicted octanol–water partition coefficient (Wildman–Crippen LogP) is 2.89. The maximum Gasteiger partial charge on any atom is 0.119 e. The Balaban J connectivity index is 2.35. The highest BCUT2D eigenvalue weighted by Gasteiger charge is 2.10. The van der Waals surface area contributed by atoms with Gasteiger partial charge >= 0.3 is 0 Å². The highest BCUT2D eigenvalue weighted by molar-refractivity contribution is 5.66. The number of aryl methyl sites for hydroxylation is 1. The van der Waals surface area contributed by atoms with Gasteiger partial charge in [-0.3, -0.25) is 4.98 Å². The van der Waals surface area contributed by atoms with E-state index in [0.29, 0.717) is 0 Å². The van der Waals surface area contributed by atoms with E-state index in [-0.39, 0.29) is 0 Å². The Morgan fingerprint density at radius 3 is 2.55 bits per heavy atom. The van der Waals surface area contributed by atoms with Gasteiger partial charge in [-0.05, 0) is 44.3 Å². The first-order valence-corrected chi connectivity index (χ1v) is 6.63. The molecule has 0 amide bonds. The highest BCUT2D eigenvalue weighted by Crippen LogP contribution is 2.28. The maximum absolute atomic E-state index is 5.20. The quantitative estimate of drug-likeness (QED) is 0.907. The van der Waals surface area contributed by atoms with Crippen LogP contribution < -0.4 is 15.0 Å². The Hall–Kier alpha value is -2.07. The van der Waals surface area contributed by atoms with Crippen molar-refractivity contribution in [1.82, 2.24) is 10.3 Å². The zero-order valence-electron chi connectivity index (χ0n) is 12.5. The summed E-state index contributed by atoms with van der Waals surface area (Å²) < 4.78 is 5.20. The van der Waals surface area contributed by atoms with Crippen LogP contribution in [0.2, 0.25) is 0 Å². The molecule has 0 radical (unpaired) electrons. The van der Waals surface area contributed by atoms with Crippen molar-refractivity contribution >= 4 is 11.4 Å². The summed E-state index contributed by atoms with van der Waals surface area (Å²) in [6.45, 7) is 2.80. The summed E-state index contributed by atoms with van der Waals surface area (Å²) >= 11 is 0. The summed E-state index contributed by atoms with van der Waals surface area (Å²) in [5.74, 6) is 0.864. The van der Waals surface area contributed by atoms with Crippen LogP contribution in [-0.4, -0.2) is 26.2 Å². The lowest BCUT2D eigenvalue weighted by Crippen LogP contribution is -2.15. The lowest BCUT2D eigenvalue weighted by Gasteiger charge is -2.23. The molecule has 0 spiro atoms. The van der Waals surface area contributed by atoms with Gasteiger partial charge in [0.05, 0.1) is 7.11 Å². The van der Waals surface area contributed by atoms with E-state index in [4.69, 9.17) is 4.74 Å². The Morgan fingerprint density at radius 1 is 1.25 bits per heavy atom. The summed E-state index contributed by atoms with van der Waals surface area (Å²) in [6, 6.07) is 10.2. The molecule has 4 nitrogen and oxygen atoms in total. The van der Waals surface area contributed by atoms with Crippen LogP contribution in [0.3, 0.4) is 0 Å². The number of aromatic nitrogens is 1. The molecule has 0 aliphatic carbocycles. The van der Waals surface area contributed by atoms with Crippen molar-refractivity contribution in [3.63, 3.8) is 0 Å². The zero-order valence-corrected chi connectivity index (χ0v) is 12.5. The molecule has 0 aliphatic rings. The largest absolute Gasteiger partial charge is 0.497 e. The topological polar surface area (TPSA) is 37.4 Å². The predicted molar refractivity (Wildman–Crippen MR) is 82.8 cm³/mol. The third-order valence-electron chi connectivity index (χ3n) is 3.29. The maximum atomic E-state index is 5.20. The number of hydrogen-bond acceptors (Lipinski definition) is 4. The van der Waals surface area contributed by atoms with E-state index in [1.54, 1.807) is 7.11 Å². The number of rotatable bonds is 5. The number of anilines is 2. The van der Waals surface area contributed by atoms with Crippen LogP contribution in [0, 0.1) is 6.92 Å². The molecule has 1 N–H and O–H groups in total. The van der Waals surface area contributed by atoms with Crippen LogP contribution in [0.15, 0.2) is 36.5 Å². The molecule has 2 rings (SSSR count). The Kier molecular flexibility index (Phi) is 4.58. The molecule has 20 heavy (non-hydrogen) atoms. The summed E-state index contributed by atoms with van der Waals surface area (Å²) in [5.41, 5.74) is 4.47. The van der Waals surface area contributed by atoms with E-state index in [1.165, 1.54) is 5.56 Å². The molecule has 4 heteroatoms. The number of methoxy groups -OCH3 is 1. The van der Waals surface area contributed by atoms with Gasteiger partial charge in [0.25, 0.3) is 0 Å². The van der Waals surface area contributed by atoms with Gasteiger partial charge in [-0.25, -0.2) is 0 Å². The average molecular weight is 271 g/mol. The normalized spacial score (nSPS) is 10.4. The summed E-state index contributed by atoms with van der Waals surface area (Å²) in [6.07, 6.45) is 1.93. The van der Waals surface area contributed by atoms with E-state index in [0.717, 1.165) is 29.4 Å². The van der Waals surface area contributed by atoms with Crippen molar-refractivity contribution in [3.05, 3.63) is 47.8 Å². The molecular formula is C16H21N3O. The van der Waals surface area contributed by atoms with E-state index < -0.39 is 0 Å². The van der Waals surface area contributed by atoms with Crippen LogP contribution in [0.4, 0.5) is 11.4 Å². The van der Waals surface area contributed by atoms with Crippen molar-refractivity contribution < 1.29 is 4.74 Å². The van der Waals surface area contributed by atoms with Crippen LogP contribution in [-0.2, 0) is 6.54 Å². The first-order chi connectivity index (χ1) is 9.65. The van der Waals surface area contributed by atoms with Crippen LogP contribution in [0.5, 0.6) is 5.75 Å². The molecule has 0 saturated heterocycles. The van der Waals surface area contributed by atoms with Gasteiger partial charge in [0.15, 0.2) is 0 Å². The molecule has 0 atom stereocenters. The van der Waals surface area contributed by atoms with Crippen LogP contribution in [0.25, 0.3) is 0 Å².